The van der Waals surface area contributed by atoms with Gasteiger partial charge in [-0.2, -0.15) is 0 Å². The highest BCUT2D eigenvalue weighted by Crippen LogP contribution is 2.38. The van der Waals surface area contributed by atoms with Gasteiger partial charge in [0.25, 0.3) is 5.91 Å². The van der Waals surface area contributed by atoms with E-state index in [4.69, 9.17) is 9.47 Å². The molecule has 1 aliphatic rings. The number of benzene rings is 2. The molecule has 2 heterocycles. The molecule has 3 aromatic rings. The lowest BCUT2D eigenvalue weighted by Gasteiger charge is -2.30. The summed E-state index contributed by atoms with van der Waals surface area (Å²) in [7, 11) is 0. The summed E-state index contributed by atoms with van der Waals surface area (Å²) in [4.78, 5) is 29.6. The van der Waals surface area contributed by atoms with E-state index in [0.29, 0.717) is 33.7 Å². The van der Waals surface area contributed by atoms with E-state index in [1.807, 2.05) is 36.4 Å². The van der Waals surface area contributed by atoms with Gasteiger partial charge < -0.3 is 14.8 Å². The van der Waals surface area contributed by atoms with Crippen molar-refractivity contribution >= 4 is 28.2 Å². The van der Waals surface area contributed by atoms with Gasteiger partial charge in [0, 0.05) is 24.0 Å². The quantitative estimate of drug-likeness (QED) is 0.452. The van der Waals surface area contributed by atoms with Gasteiger partial charge in [-0.15, -0.1) is 11.3 Å². The number of carbonyl (C=O) groups is 2. The molecular formula is C26H28N2O4S. The summed E-state index contributed by atoms with van der Waals surface area (Å²) in [6.45, 7) is 8.02. The van der Waals surface area contributed by atoms with Gasteiger partial charge in [0.2, 0.25) is 0 Å². The number of para-hydroxylation sites is 2. The van der Waals surface area contributed by atoms with Gasteiger partial charge in [0.05, 0.1) is 17.7 Å². The normalized spacial score (nSPS) is 13.5. The highest BCUT2D eigenvalue weighted by Gasteiger charge is 2.30. The minimum absolute atomic E-state index is 0.280. The maximum absolute atomic E-state index is 13.3. The van der Waals surface area contributed by atoms with Crippen molar-refractivity contribution in [1.29, 1.82) is 0 Å². The monoisotopic (exact) mass is 464 g/mol. The predicted octanol–water partition coefficient (Wildman–Crippen LogP) is 5.74. The molecule has 4 rings (SSSR count). The molecule has 33 heavy (non-hydrogen) atoms. The average molecular weight is 465 g/mol. The van der Waals surface area contributed by atoms with E-state index in [2.05, 4.69) is 24.1 Å². The van der Waals surface area contributed by atoms with Crippen molar-refractivity contribution in [1.82, 2.24) is 4.90 Å². The maximum atomic E-state index is 13.3. The lowest BCUT2D eigenvalue weighted by atomic mass is 10.0. The van der Waals surface area contributed by atoms with Crippen molar-refractivity contribution in [3.05, 3.63) is 76.2 Å². The second-order valence-corrected chi connectivity index (χ2v) is 9.21. The standard InChI is InChI=1S/C26H28N2O4S/c1-4-31-26(30)23-20-14-15-28(17(2)3)16-22(20)33-25(23)27-24(29)19-12-8-9-13-21(19)32-18-10-6-5-7-11-18/h5-13,17H,4,14-16H2,1-3H3,(H,27,29). The Kier molecular flexibility index (Phi) is 7.11. The third-order valence-corrected chi connectivity index (χ3v) is 6.76. The number of rotatable bonds is 7. The van der Waals surface area contributed by atoms with Gasteiger partial charge in [-0.3, -0.25) is 9.69 Å². The number of hydrogen-bond donors (Lipinski definition) is 1. The Balaban J connectivity index is 1.64. The first-order valence-electron chi connectivity index (χ1n) is 11.2. The molecule has 172 valence electrons. The summed E-state index contributed by atoms with van der Waals surface area (Å²) >= 11 is 1.45. The summed E-state index contributed by atoms with van der Waals surface area (Å²) in [5.41, 5.74) is 1.86. The SMILES string of the molecule is CCOC(=O)c1c(NC(=O)c2ccccc2Oc2ccccc2)sc2c1CCN(C(C)C)C2. The van der Waals surface area contributed by atoms with Crippen LogP contribution in [0.3, 0.4) is 0 Å². The minimum Gasteiger partial charge on any atom is -0.462 e. The van der Waals surface area contributed by atoms with Crippen LogP contribution in [0.25, 0.3) is 0 Å². The predicted molar refractivity (Wildman–Crippen MR) is 130 cm³/mol. The first kappa shape index (κ1) is 23.0. The van der Waals surface area contributed by atoms with Crippen LogP contribution in [0.1, 0.15) is 51.9 Å². The topological polar surface area (TPSA) is 67.9 Å². The van der Waals surface area contributed by atoms with Gasteiger partial charge in [0.15, 0.2) is 0 Å². The van der Waals surface area contributed by atoms with Crippen LogP contribution in [-0.4, -0.2) is 36.0 Å². The number of esters is 1. The third kappa shape index (κ3) is 5.10. The molecular weight excluding hydrogens is 436 g/mol. The van der Waals surface area contributed by atoms with E-state index in [9.17, 15) is 9.59 Å². The Morgan fingerprint density at radius 1 is 1.09 bits per heavy atom. The van der Waals surface area contributed by atoms with Gasteiger partial charge in [0.1, 0.15) is 16.5 Å². The smallest absolute Gasteiger partial charge is 0.341 e. The van der Waals surface area contributed by atoms with E-state index in [1.54, 1.807) is 25.1 Å². The lowest BCUT2D eigenvalue weighted by molar-refractivity contribution is 0.0526. The van der Waals surface area contributed by atoms with Crippen LogP contribution in [0, 0.1) is 0 Å². The lowest BCUT2D eigenvalue weighted by Crippen LogP contribution is -2.35. The summed E-state index contributed by atoms with van der Waals surface area (Å²) < 4.78 is 11.3. The molecule has 1 aromatic heterocycles. The van der Waals surface area contributed by atoms with Crippen LogP contribution in [0.15, 0.2) is 54.6 Å². The molecule has 0 fully saturated rings. The van der Waals surface area contributed by atoms with E-state index in [1.165, 1.54) is 11.3 Å². The van der Waals surface area contributed by atoms with Gasteiger partial charge in [-0.05, 0) is 57.0 Å². The zero-order valence-electron chi connectivity index (χ0n) is 19.1. The van der Waals surface area contributed by atoms with Crippen molar-refractivity contribution in [2.75, 3.05) is 18.5 Å². The molecule has 0 atom stereocenters. The molecule has 0 aliphatic carbocycles. The number of hydrogen-bond acceptors (Lipinski definition) is 6. The second kappa shape index (κ2) is 10.2. The van der Waals surface area contributed by atoms with Gasteiger partial charge in [-0.25, -0.2) is 4.79 Å². The van der Waals surface area contributed by atoms with Crippen molar-refractivity contribution < 1.29 is 19.1 Å². The highest BCUT2D eigenvalue weighted by molar-refractivity contribution is 7.17. The number of nitrogens with one attached hydrogen (secondary N) is 1. The minimum atomic E-state index is -0.392. The maximum Gasteiger partial charge on any atom is 0.341 e. The van der Waals surface area contributed by atoms with E-state index in [0.717, 1.165) is 30.0 Å². The van der Waals surface area contributed by atoms with Crippen molar-refractivity contribution in [2.24, 2.45) is 0 Å². The highest BCUT2D eigenvalue weighted by atomic mass is 32.1. The van der Waals surface area contributed by atoms with Crippen LogP contribution in [0.4, 0.5) is 5.00 Å². The Morgan fingerprint density at radius 2 is 1.82 bits per heavy atom. The van der Waals surface area contributed by atoms with E-state index < -0.39 is 5.97 Å². The van der Waals surface area contributed by atoms with Crippen LogP contribution in [0.5, 0.6) is 11.5 Å². The molecule has 1 amide bonds. The molecule has 6 nitrogen and oxygen atoms in total. The van der Waals surface area contributed by atoms with E-state index in [-0.39, 0.29) is 12.5 Å². The average Bonchev–Trinajstić information content (AvgIpc) is 3.17. The molecule has 1 aliphatic heterocycles. The van der Waals surface area contributed by atoms with Crippen molar-refractivity contribution in [3.63, 3.8) is 0 Å². The summed E-state index contributed by atoms with van der Waals surface area (Å²) in [6.07, 6.45) is 0.752. The Hall–Kier alpha value is -3.16. The molecule has 7 heteroatoms. The number of thiophene rings is 1. The number of amides is 1. The fourth-order valence-electron chi connectivity index (χ4n) is 3.90. The molecule has 2 aromatic carbocycles. The van der Waals surface area contributed by atoms with Gasteiger partial charge in [-0.1, -0.05) is 30.3 Å². The second-order valence-electron chi connectivity index (χ2n) is 8.11. The van der Waals surface area contributed by atoms with Crippen LogP contribution in [-0.2, 0) is 17.7 Å². The number of nitrogens with zero attached hydrogens (tertiary/aromatic N) is 1. The largest absolute Gasteiger partial charge is 0.462 e. The molecule has 0 saturated heterocycles. The molecule has 1 N–H and O–H groups in total. The number of carbonyl (C=O) groups excluding carboxylic acids is 2. The summed E-state index contributed by atoms with van der Waals surface area (Å²) in [5.74, 6) is 0.375. The molecule has 0 saturated carbocycles. The number of anilines is 1. The molecule has 0 radical (unpaired) electrons. The van der Waals surface area contributed by atoms with Crippen LogP contribution < -0.4 is 10.1 Å². The first-order chi connectivity index (χ1) is 16.0. The van der Waals surface area contributed by atoms with Crippen LogP contribution in [0.2, 0.25) is 0 Å². The summed E-state index contributed by atoms with van der Waals surface area (Å²) in [6, 6.07) is 16.8. The third-order valence-electron chi connectivity index (χ3n) is 5.63. The zero-order chi connectivity index (χ0) is 23.4. The van der Waals surface area contributed by atoms with Gasteiger partial charge >= 0.3 is 5.97 Å². The molecule has 0 unspecified atom stereocenters. The van der Waals surface area contributed by atoms with E-state index >= 15 is 0 Å². The molecule has 0 bridgehead atoms. The summed E-state index contributed by atoms with van der Waals surface area (Å²) in [5, 5.41) is 3.50. The van der Waals surface area contributed by atoms with Crippen LogP contribution >= 0.6 is 11.3 Å². The Morgan fingerprint density at radius 3 is 2.55 bits per heavy atom. The van der Waals surface area contributed by atoms with Crippen molar-refractivity contribution in [2.45, 2.75) is 39.8 Å². The fraction of sp³-hybridized carbons (Fsp3) is 0.308. The first-order valence-corrected chi connectivity index (χ1v) is 12.0. The fourth-order valence-corrected chi connectivity index (χ4v) is 5.16. The zero-order valence-corrected chi connectivity index (χ0v) is 19.9. The van der Waals surface area contributed by atoms with Crippen molar-refractivity contribution in [3.8, 4) is 11.5 Å². The molecule has 0 spiro atoms. The number of ether oxygens (including phenoxy) is 2. The Bertz CT molecular complexity index is 1140. The number of fused-ring (bicyclic) bond motifs is 1. The Labute approximate surface area is 198 Å².